The lowest BCUT2D eigenvalue weighted by Crippen LogP contribution is -2.13. The number of aromatic nitrogens is 2. The maximum Gasteiger partial charge on any atom is 0.268 e. The molecule has 0 bridgehead atoms. The molecule has 2 amide bonds. The normalized spacial score (nSPS) is 10.6. The van der Waals surface area contributed by atoms with Gasteiger partial charge in [0, 0.05) is 23.2 Å². The smallest absolute Gasteiger partial charge is 0.268 e. The van der Waals surface area contributed by atoms with E-state index in [0.29, 0.717) is 21.4 Å². The Kier molecular flexibility index (Phi) is 10.8. The van der Waals surface area contributed by atoms with Crippen molar-refractivity contribution in [2.24, 2.45) is 0 Å². The molecule has 1 aromatic carbocycles. The zero-order chi connectivity index (χ0) is 21.3. The maximum atomic E-state index is 12.2. The quantitative estimate of drug-likeness (QED) is 0.374. The minimum Gasteiger partial charge on any atom is -0.297 e. The Labute approximate surface area is 203 Å². The molecule has 0 fully saturated rings. The van der Waals surface area contributed by atoms with Crippen molar-refractivity contribution in [3.8, 4) is 12.1 Å². The van der Waals surface area contributed by atoms with Gasteiger partial charge in [0.25, 0.3) is 11.8 Å². The number of nitrogens with one attached hydrogen (secondary N) is 2. The molecule has 0 radical (unpaired) electrons. The van der Waals surface area contributed by atoms with E-state index in [-0.39, 0.29) is 36.0 Å². The fourth-order valence-corrected chi connectivity index (χ4v) is 3.32. The average Bonchev–Trinajstić information content (AvgIpc) is 3.44. The minimum absolute atomic E-state index is 0. The van der Waals surface area contributed by atoms with Gasteiger partial charge in [-0.05, 0) is 29.3 Å². The highest BCUT2D eigenvalue weighted by Crippen LogP contribution is 2.17. The summed E-state index contributed by atoms with van der Waals surface area (Å²) in [7, 11) is 0. The second kappa shape index (κ2) is 13.0. The molecule has 0 spiro atoms. The second-order valence-electron chi connectivity index (χ2n) is 5.59. The Hall–Kier alpha value is -3.54. The van der Waals surface area contributed by atoms with Crippen molar-refractivity contribution in [1.82, 2.24) is 9.97 Å². The number of carbonyl (C=O) groups excluding carboxylic acids is 2. The number of nitrogens with zero attached hydrogens (tertiary/aromatic N) is 4. The van der Waals surface area contributed by atoms with E-state index in [1.165, 1.54) is 34.8 Å². The van der Waals surface area contributed by atoms with Crippen molar-refractivity contribution in [3.05, 3.63) is 69.7 Å². The summed E-state index contributed by atoms with van der Waals surface area (Å²) in [4.78, 5) is 32.4. The summed E-state index contributed by atoms with van der Waals surface area (Å²) in [6.45, 7) is 0. The van der Waals surface area contributed by atoms with Gasteiger partial charge in [0.1, 0.15) is 23.3 Å². The summed E-state index contributed by atoms with van der Waals surface area (Å²) in [6, 6.07) is 10.5. The molecule has 3 rings (SSSR count). The standard InChI is InChI=1S/C20H12N6O2S2.2ClH/c21-11-15(17(27)25-19-23-4-6-29-19)9-13-2-1-3-14(8-13)10-16(12-22)18(28)26-20-24-5-7-30-20;;/h1-10H,(H,23,25,27)(H,24,26,28);2*1H/b15-9+,16-10+;;. The van der Waals surface area contributed by atoms with Crippen LogP contribution in [-0.4, -0.2) is 21.8 Å². The Morgan fingerprint density at radius 2 is 1.28 bits per heavy atom. The number of thiazole rings is 2. The van der Waals surface area contributed by atoms with Gasteiger partial charge < -0.3 is 0 Å². The molecule has 0 aliphatic carbocycles. The van der Waals surface area contributed by atoms with Gasteiger partial charge >= 0.3 is 0 Å². The lowest BCUT2D eigenvalue weighted by atomic mass is 10.1. The van der Waals surface area contributed by atoms with Crippen LogP contribution in [0.5, 0.6) is 0 Å². The van der Waals surface area contributed by atoms with E-state index in [4.69, 9.17) is 0 Å². The average molecular weight is 505 g/mol. The highest BCUT2D eigenvalue weighted by atomic mass is 35.5. The van der Waals surface area contributed by atoms with Crippen molar-refractivity contribution in [2.75, 3.05) is 10.6 Å². The molecule has 8 nitrogen and oxygen atoms in total. The number of rotatable bonds is 6. The largest absolute Gasteiger partial charge is 0.297 e. The molecular formula is C20H14Cl2N6O2S2. The molecule has 12 heteroatoms. The molecule has 0 saturated carbocycles. The third kappa shape index (κ3) is 7.30. The van der Waals surface area contributed by atoms with Crippen LogP contribution in [0.15, 0.2) is 58.6 Å². The SMILES string of the molecule is Cl.Cl.N#C/C(=C\c1cccc(/C=C(\C#N)C(=O)Nc2nccs2)c1)C(=O)Nc1nccs1. The number of benzene rings is 1. The predicted molar refractivity (Wildman–Crippen MR) is 130 cm³/mol. The number of halogens is 2. The molecule has 2 heterocycles. The minimum atomic E-state index is -0.575. The summed E-state index contributed by atoms with van der Waals surface area (Å²) >= 11 is 2.48. The summed E-state index contributed by atoms with van der Waals surface area (Å²) < 4.78 is 0. The van der Waals surface area contributed by atoms with E-state index in [1.54, 1.807) is 47.4 Å². The molecule has 0 aliphatic rings. The molecule has 0 unspecified atom stereocenters. The second-order valence-corrected chi connectivity index (χ2v) is 7.38. The van der Waals surface area contributed by atoms with Crippen molar-refractivity contribution in [3.63, 3.8) is 0 Å². The van der Waals surface area contributed by atoms with E-state index in [1.807, 2.05) is 12.1 Å². The molecule has 0 atom stereocenters. The molecular weight excluding hydrogens is 491 g/mol. The Morgan fingerprint density at radius 1 is 0.844 bits per heavy atom. The molecule has 2 N–H and O–H groups in total. The van der Waals surface area contributed by atoms with Crippen LogP contribution in [-0.2, 0) is 9.59 Å². The highest BCUT2D eigenvalue weighted by Gasteiger charge is 2.12. The zero-order valence-corrected chi connectivity index (χ0v) is 19.3. The van der Waals surface area contributed by atoms with Crippen LogP contribution in [0, 0.1) is 22.7 Å². The number of hydrogen-bond acceptors (Lipinski definition) is 8. The molecule has 162 valence electrons. The fraction of sp³-hybridized carbons (Fsp3) is 0. The van der Waals surface area contributed by atoms with Gasteiger partial charge in [0.15, 0.2) is 10.3 Å². The van der Waals surface area contributed by atoms with Crippen molar-refractivity contribution in [1.29, 1.82) is 10.5 Å². The van der Waals surface area contributed by atoms with Gasteiger partial charge in [-0.3, -0.25) is 20.2 Å². The van der Waals surface area contributed by atoms with Crippen LogP contribution in [0.4, 0.5) is 10.3 Å². The highest BCUT2D eigenvalue weighted by molar-refractivity contribution is 7.14. The van der Waals surface area contributed by atoms with Gasteiger partial charge in [-0.15, -0.1) is 47.5 Å². The van der Waals surface area contributed by atoms with Crippen LogP contribution >= 0.6 is 47.5 Å². The predicted octanol–water partition coefficient (Wildman–Crippen LogP) is 4.53. The van der Waals surface area contributed by atoms with Crippen LogP contribution < -0.4 is 10.6 Å². The summed E-state index contributed by atoms with van der Waals surface area (Å²) in [5, 5.41) is 27.9. The van der Waals surface area contributed by atoms with Gasteiger partial charge in [-0.1, -0.05) is 18.2 Å². The molecule has 0 aliphatic heterocycles. The lowest BCUT2D eigenvalue weighted by Gasteiger charge is -2.03. The number of carbonyl (C=O) groups is 2. The third-order valence-corrected chi connectivity index (χ3v) is 4.95. The zero-order valence-electron chi connectivity index (χ0n) is 16.0. The van der Waals surface area contributed by atoms with Gasteiger partial charge in [0.2, 0.25) is 0 Å². The van der Waals surface area contributed by atoms with E-state index in [0.717, 1.165) is 0 Å². The van der Waals surface area contributed by atoms with Crippen LogP contribution in [0.3, 0.4) is 0 Å². The summed E-state index contributed by atoms with van der Waals surface area (Å²) in [5.74, 6) is -1.15. The van der Waals surface area contributed by atoms with E-state index >= 15 is 0 Å². The summed E-state index contributed by atoms with van der Waals surface area (Å²) in [6.07, 6.45) is 5.93. The van der Waals surface area contributed by atoms with Gasteiger partial charge in [-0.2, -0.15) is 10.5 Å². The van der Waals surface area contributed by atoms with Gasteiger partial charge in [0.05, 0.1) is 0 Å². The maximum absolute atomic E-state index is 12.2. The molecule has 0 saturated heterocycles. The van der Waals surface area contributed by atoms with Crippen molar-refractivity contribution >= 4 is 81.7 Å². The number of hydrogen-bond donors (Lipinski definition) is 2. The topological polar surface area (TPSA) is 132 Å². The number of amides is 2. The lowest BCUT2D eigenvalue weighted by molar-refractivity contribution is -0.113. The third-order valence-electron chi connectivity index (χ3n) is 3.57. The first kappa shape index (κ1) is 26.5. The molecule has 3 aromatic rings. The van der Waals surface area contributed by atoms with Crippen LogP contribution in [0.2, 0.25) is 0 Å². The Balaban J connectivity index is 0.00000256. The Morgan fingerprint density at radius 3 is 1.62 bits per heavy atom. The Bertz CT molecular complexity index is 1120. The van der Waals surface area contributed by atoms with Gasteiger partial charge in [-0.25, -0.2) is 9.97 Å². The fourth-order valence-electron chi connectivity index (χ4n) is 2.27. The van der Waals surface area contributed by atoms with Crippen LogP contribution in [0.25, 0.3) is 12.2 Å². The first-order valence-corrected chi connectivity index (χ1v) is 10.1. The summed E-state index contributed by atoms with van der Waals surface area (Å²) in [5.41, 5.74) is 0.918. The van der Waals surface area contributed by atoms with E-state index < -0.39 is 11.8 Å². The van der Waals surface area contributed by atoms with E-state index in [2.05, 4.69) is 20.6 Å². The number of nitriles is 2. The first-order chi connectivity index (χ1) is 14.6. The molecule has 32 heavy (non-hydrogen) atoms. The van der Waals surface area contributed by atoms with Crippen molar-refractivity contribution in [2.45, 2.75) is 0 Å². The first-order valence-electron chi connectivity index (χ1n) is 8.34. The number of anilines is 2. The van der Waals surface area contributed by atoms with Crippen LogP contribution in [0.1, 0.15) is 11.1 Å². The van der Waals surface area contributed by atoms with Crippen molar-refractivity contribution < 1.29 is 9.59 Å². The van der Waals surface area contributed by atoms with E-state index in [9.17, 15) is 20.1 Å². The molecule has 2 aromatic heterocycles. The monoisotopic (exact) mass is 504 g/mol.